The van der Waals surface area contributed by atoms with Crippen LogP contribution in [0.3, 0.4) is 0 Å². The molecule has 13 rings (SSSR count). The summed E-state index contributed by atoms with van der Waals surface area (Å²) in [5.74, 6) is 1.70. The molecule has 0 atom stereocenters. The molecule has 0 bridgehead atoms. The van der Waals surface area contributed by atoms with E-state index < -0.39 is 0 Å². The molecule has 0 N–H and O–H groups in total. The minimum Gasteiger partial charge on any atom is -0.455 e. The minimum absolute atomic E-state index is 0.531. The monoisotopic (exact) mass is 816 g/mol. The summed E-state index contributed by atoms with van der Waals surface area (Å²) in [6.07, 6.45) is 0. The number of fused-ring (bicyclic) bond motifs is 11. The topological polar surface area (TPSA) is 56.7 Å². The van der Waals surface area contributed by atoms with Gasteiger partial charge in [-0.3, -0.25) is 4.57 Å². The summed E-state index contributed by atoms with van der Waals surface area (Å²) < 4.78 is 9.03. The molecule has 5 heteroatoms. The Balaban J connectivity index is 1.14. The third-order valence-corrected chi connectivity index (χ3v) is 12.7. The highest BCUT2D eigenvalue weighted by Gasteiger charge is 2.25. The first kappa shape index (κ1) is 36.0. The lowest BCUT2D eigenvalue weighted by atomic mass is 9.95. The second-order valence-corrected chi connectivity index (χ2v) is 16.3. The molecule has 0 fully saturated rings. The van der Waals surface area contributed by atoms with E-state index in [1.165, 1.54) is 10.8 Å². The maximum Gasteiger partial charge on any atom is 0.238 e. The van der Waals surface area contributed by atoms with E-state index in [1.54, 1.807) is 0 Å². The average molecular weight is 817 g/mol. The van der Waals surface area contributed by atoms with Crippen molar-refractivity contribution >= 4 is 65.3 Å². The molecule has 10 aromatic carbocycles. The summed E-state index contributed by atoms with van der Waals surface area (Å²) in [6, 6.07) is 76.7. The number of hydrogen-bond donors (Lipinski definition) is 0. The van der Waals surface area contributed by atoms with Crippen LogP contribution in [0.2, 0.25) is 0 Å². The van der Waals surface area contributed by atoms with Crippen LogP contribution in [0.25, 0.3) is 127 Å². The van der Waals surface area contributed by atoms with Gasteiger partial charge in [-0.15, -0.1) is 0 Å². The number of nitrogens with zero attached hydrogens (tertiary/aromatic N) is 4. The molecule has 298 valence electrons. The Hall–Kier alpha value is -8.67. The minimum atomic E-state index is 0.531. The van der Waals surface area contributed by atoms with Gasteiger partial charge in [-0.05, 0) is 44.5 Å². The van der Waals surface area contributed by atoms with Gasteiger partial charge in [-0.1, -0.05) is 212 Å². The summed E-state index contributed by atoms with van der Waals surface area (Å²) >= 11 is 0. The van der Waals surface area contributed by atoms with Crippen LogP contribution >= 0.6 is 0 Å². The molecule has 0 spiro atoms. The zero-order chi connectivity index (χ0) is 42.1. The first-order valence-corrected chi connectivity index (χ1v) is 21.6. The Morgan fingerprint density at radius 3 is 1.38 bits per heavy atom. The van der Waals surface area contributed by atoms with Gasteiger partial charge in [-0.2, -0.15) is 9.97 Å². The van der Waals surface area contributed by atoms with Crippen molar-refractivity contribution in [2.24, 2.45) is 0 Å². The predicted molar refractivity (Wildman–Crippen MR) is 264 cm³/mol. The second-order valence-electron chi connectivity index (χ2n) is 16.3. The molecule has 0 aliphatic heterocycles. The van der Waals surface area contributed by atoms with Crippen LogP contribution in [0, 0.1) is 0 Å². The lowest BCUT2D eigenvalue weighted by Crippen LogP contribution is -2.07. The summed E-state index contributed by atoms with van der Waals surface area (Å²) in [7, 11) is 0. The zero-order valence-corrected chi connectivity index (χ0v) is 34.5. The summed E-state index contributed by atoms with van der Waals surface area (Å²) in [6.45, 7) is 0. The molecule has 0 saturated heterocycles. The van der Waals surface area contributed by atoms with E-state index in [2.05, 4.69) is 199 Å². The van der Waals surface area contributed by atoms with E-state index in [0.717, 1.165) is 99.0 Å². The third-order valence-electron chi connectivity index (χ3n) is 12.7. The van der Waals surface area contributed by atoms with Gasteiger partial charge in [0.1, 0.15) is 11.2 Å². The quantitative estimate of drug-likeness (QED) is 0.157. The molecule has 3 aromatic heterocycles. The molecular weight excluding hydrogens is 781 g/mol. The van der Waals surface area contributed by atoms with Crippen LogP contribution < -0.4 is 0 Å². The van der Waals surface area contributed by atoms with E-state index >= 15 is 0 Å². The Labute approximate surface area is 368 Å². The lowest BCUT2D eigenvalue weighted by molar-refractivity contribution is 0.670. The maximum atomic E-state index is 6.73. The molecule has 0 aliphatic carbocycles. The van der Waals surface area contributed by atoms with E-state index in [4.69, 9.17) is 19.4 Å². The van der Waals surface area contributed by atoms with Gasteiger partial charge in [0.25, 0.3) is 0 Å². The fraction of sp³-hybridized carbons (Fsp3) is 0. The molecule has 13 aromatic rings. The van der Waals surface area contributed by atoms with E-state index in [1.807, 2.05) is 24.3 Å². The maximum absolute atomic E-state index is 6.73. The summed E-state index contributed by atoms with van der Waals surface area (Å²) in [5, 5.41) is 9.06. The molecule has 5 nitrogen and oxygen atoms in total. The van der Waals surface area contributed by atoms with Crippen LogP contribution in [0.5, 0.6) is 0 Å². The molecule has 0 unspecified atom stereocenters. The van der Waals surface area contributed by atoms with E-state index in [-0.39, 0.29) is 0 Å². The van der Waals surface area contributed by atoms with E-state index in [0.29, 0.717) is 17.6 Å². The number of rotatable bonds is 6. The fourth-order valence-corrected chi connectivity index (χ4v) is 9.71. The number of furan rings is 1. The highest BCUT2D eigenvalue weighted by Crippen LogP contribution is 2.46. The standard InChI is InChI=1S/C59H36N4O/c1-3-15-37(16-4-1)39-29-33-41(34-30-39)57-60-58(42-35-31-40(32-36-42)38-17-5-2-6-18-38)62-59(61-57)63-54-48(50-26-14-25-49-45-21-11-12-28-52(45)64-56(49)50)24-13-27-51(54)53-46-22-9-7-19-43(46)44-20-8-10-23-47(44)55(53)63/h1-36H. The summed E-state index contributed by atoms with van der Waals surface area (Å²) in [5.41, 5.74) is 12.1. The number of hydrogen-bond acceptors (Lipinski definition) is 4. The van der Waals surface area contributed by atoms with Crippen molar-refractivity contribution in [1.29, 1.82) is 0 Å². The lowest BCUT2D eigenvalue weighted by Gasteiger charge is -2.14. The van der Waals surface area contributed by atoms with Crippen molar-refractivity contribution in [2.45, 2.75) is 0 Å². The van der Waals surface area contributed by atoms with Gasteiger partial charge < -0.3 is 4.42 Å². The normalized spacial score (nSPS) is 11.8. The molecule has 64 heavy (non-hydrogen) atoms. The number of aromatic nitrogens is 4. The van der Waals surface area contributed by atoms with Gasteiger partial charge in [0.15, 0.2) is 11.6 Å². The van der Waals surface area contributed by atoms with Crippen molar-refractivity contribution in [3.63, 3.8) is 0 Å². The van der Waals surface area contributed by atoms with E-state index in [9.17, 15) is 0 Å². The third kappa shape index (κ3) is 5.68. The smallest absolute Gasteiger partial charge is 0.238 e. The molecule has 3 heterocycles. The Bertz CT molecular complexity index is 3830. The highest BCUT2D eigenvalue weighted by molar-refractivity contribution is 6.33. The van der Waals surface area contributed by atoms with Crippen molar-refractivity contribution in [3.8, 4) is 62.1 Å². The van der Waals surface area contributed by atoms with Crippen LogP contribution in [0.15, 0.2) is 223 Å². The van der Waals surface area contributed by atoms with Crippen molar-refractivity contribution in [1.82, 2.24) is 19.5 Å². The van der Waals surface area contributed by atoms with Crippen LogP contribution in [0.1, 0.15) is 0 Å². The van der Waals surface area contributed by atoms with Gasteiger partial charge in [-0.25, -0.2) is 4.98 Å². The Morgan fingerprint density at radius 1 is 0.297 bits per heavy atom. The zero-order valence-electron chi connectivity index (χ0n) is 34.5. The van der Waals surface area contributed by atoms with Crippen LogP contribution in [-0.2, 0) is 0 Å². The second kappa shape index (κ2) is 14.5. The fourth-order valence-electron chi connectivity index (χ4n) is 9.71. The largest absolute Gasteiger partial charge is 0.455 e. The summed E-state index contributed by atoms with van der Waals surface area (Å²) in [4.78, 5) is 16.2. The Morgan fingerprint density at radius 2 is 0.750 bits per heavy atom. The van der Waals surface area contributed by atoms with Crippen molar-refractivity contribution in [3.05, 3.63) is 218 Å². The number of benzene rings is 10. The first-order valence-electron chi connectivity index (χ1n) is 21.6. The molecule has 0 radical (unpaired) electrons. The van der Waals surface area contributed by atoms with Crippen molar-refractivity contribution < 1.29 is 4.42 Å². The van der Waals surface area contributed by atoms with Crippen molar-refractivity contribution in [2.75, 3.05) is 0 Å². The van der Waals surface area contributed by atoms with Gasteiger partial charge in [0, 0.05) is 49.2 Å². The first-order chi connectivity index (χ1) is 31.7. The predicted octanol–water partition coefficient (Wildman–Crippen LogP) is 15.5. The van der Waals surface area contributed by atoms with Gasteiger partial charge in [0.2, 0.25) is 5.95 Å². The Kier molecular flexibility index (Phi) is 8.15. The molecule has 0 saturated carbocycles. The van der Waals surface area contributed by atoms with Gasteiger partial charge in [0.05, 0.1) is 11.0 Å². The highest BCUT2D eigenvalue weighted by atomic mass is 16.3. The molecule has 0 aliphatic rings. The van der Waals surface area contributed by atoms with Crippen LogP contribution in [-0.4, -0.2) is 19.5 Å². The molecule has 0 amide bonds. The number of para-hydroxylation sites is 3. The SMILES string of the molecule is c1ccc(-c2ccc(-c3nc(-c4ccc(-c5ccccc5)cc4)nc(-n4c5c(-c6cccc7c6oc6ccccc67)cccc5c5c6ccccc6c6ccccc6c54)n3)cc2)cc1. The van der Waals surface area contributed by atoms with Crippen LogP contribution in [0.4, 0.5) is 0 Å². The average Bonchev–Trinajstić information content (AvgIpc) is 3.94. The van der Waals surface area contributed by atoms with Gasteiger partial charge >= 0.3 is 0 Å². The molecular formula is C59H36N4O.